The van der Waals surface area contributed by atoms with E-state index in [0.717, 1.165) is 11.4 Å². The van der Waals surface area contributed by atoms with Crippen LogP contribution in [0.25, 0.3) is 0 Å². The molecule has 3 N–H and O–H groups in total. The Morgan fingerprint density at radius 1 is 1.41 bits per heavy atom. The van der Waals surface area contributed by atoms with Gasteiger partial charge in [0.2, 0.25) is 5.91 Å². The Bertz CT molecular complexity index is 519. The molecule has 0 saturated carbocycles. The Morgan fingerprint density at radius 2 is 2.12 bits per heavy atom. The summed E-state index contributed by atoms with van der Waals surface area (Å²) in [5.74, 6) is 0.303. The lowest BCUT2D eigenvalue weighted by molar-refractivity contribution is -0.116. The van der Waals surface area contributed by atoms with Crippen LogP contribution >= 0.6 is 0 Å². The van der Waals surface area contributed by atoms with Gasteiger partial charge < -0.3 is 11.1 Å². The van der Waals surface area contributed by atoms with Crippen molar-refractivity contribution in [2.24, 2.45) is 0 Å². The van der Waals surface area contributed by atoms with Crippen molar-refractivity contribution in [3.63, 3.8) is 0 Å². The number of aromatic nitrogens is 2. The highest BCUT2D eigenvalue weighted by Crippen LogP contribution is 2.07. The number of para-hydroxylation sites is 1. The highest BCUT2D eigenvalue weighted by Gasteiger charge is 2.07. The minimum Gasteiger partial charge on any atom is -0.382 e. The molecule has 1 aromatic carbocycles. The molecule has 5 nitrogen and oxygen atoms in total. The van der Waals surface area contributed by atoms with Crippen LogP contribution in [0.2, 0.25) is 0 Å². The number of carbonyl (C=O) groups excluding carboxylic acids is 1. The summed E-state index contributed by atoms with van der Waals surface area (Å²) in [5.41, 5.74) is 7.18. The molecule has 2 rings (SSSR count). The van der Waals surface area contributed by atoms with Crippen LogP contribution in [0.4, 0.5) is 11.5 Å². The van der Waals surface area contributed by atoms with Gasteiger partial charge in [-0.15, -0.1) is 0 Å². The third-order valence-electron chi connectivity index (χ3n) is 2.35. The fourth-order valence-corrected chi connectivity index (χ4v) is 1.55. The van der Waals surface area contributed by atoms with Crippen molar-refractivity contribution in [1.29, 1.82) is 0 Å². The maximum atomic E-state index is 11.7. The van der Waals surface area contributed by atoms with E-state index in [1.54, 1.807) is 10.7 Å². The zero-order chi connectivity index (χ0) is 12.3. The second-order valence-electron chi connectivity index (χ2n) is 3.78. The SMILES string of the molecule is Cc1cc(N)nn1CC(=O)Nc1ccccc1. The number of carbonyl (C=O) groups is 1. The summed E-state index contributed by atoms with van der Waals surface area (Å²) in [6.45, 7) is 2.02. The molecule has 0 saturated heterocycles. The van der Waals surface area contributed by atoms with Crippen LogP contribution in [-0.4, -0.2) is 15.7 Å². The van der Waals surface area contributed by atoms with Crippen LogP contribution in [0.5, 0.6) is 0 Å². The standard InChI is InChI=1S/C12H14N4O/c1-9-7-11(13)15-16(9)8-12(17)14-10-5-3-2-4-6-10/h2-7H,8H2,1H3,(H2,13,15)(H,14,17). The number of aryl methyl sites for hydroxylation is 1. The lowest BCUT2D eigenvalue weighted by Gasteiger charge is -2.06. The Balaban J connectivity index is 2.01. The maximum absolute atomic E-state index is 11.7. The summed E-state index contributed by atoms with van der Waals surface area (Å²) in [5, 5.41) is 6.81. The van der Waals surface area contributed by atoms with Gasteiger partial charge in [0.05, 0.1) is 0 Å². The van der Waals surface area contributed by atoms with Crippen LogP contribution in [0.15, 0.2) is 36.4 Å². The van der Waals surface area contributed by atoms with Crippen molar-refractivity contribution < 1.29 is 4.79 Å². The summed E-state index contributed by atoms with van der Waals surface area (Å²) in [4.78, 5) is 11.7. The van der Waals surface area contributed by atoms with Gasteiger partial charge in [-0.2, -0.15) is 5.10 Å². The van der Waals surface area contributed by atoms with Gasteiger partial charge in [-0.25, -0.2) is 0 Å². The van der Waals surface area contributed by atoms with Gasteiger partial charge in [0, 0.05) is 17.4 Å². The van der Waals surface area contributed by atoms with Crippen LogP contribution in [0.1, 0.15) is 5.69 Å². The molecule has 0 fully saturated rings. The summed E-state index contributed by atoms with van der Waals surface area (Å²) < 4.78 is 1.58. The van der Waals surface area contributed by atoms with E-state index in [-0.39, 0.29) is 12.5 Å². The van der Waals surface area contributed by atoms with Crippen molar-refractivity contribution in [2.45, 2.75) is 13.5 Å². The minimum absolute atomic E-state index is 0.123. The van der Waals surface area contributed by atoms with Gasteiger partial charge in [0.15, 0.2) is 0 Å². The normalized spacial score (nSPS) is 10.2. The summed E-state index contributed by atoms with van der Waals surface area (Å²) >= 11 is 0. The predicted molar refractivity (Wildman–Crippen MR) is 66.4 cm³/mol. The zero-order valence-corrected chi connectivity index (χ0v) is 9.55. The Morgan fingerprint density at radius 3 is 2.71 bits per heavy atom. The van der Waals surface area contributed by atoms with Crippen LogP contribution in [0, 0.1) is 6.92 Å². The van der Waals surface area contributed by atoms with Gasteiger partial charge in [0.25, 0.3) is 0 Å². The molecular formula is C12H14N4O. The average Bonchev–Trinajstić information content (AvgIpc) is 2.58. The number of amides is 1. The number of hydrogen-bond donors (Lipinski definition) is 2. The lowest BCUT2D eigenvalue weighted by atomic mass is 10.3. The molecule has 0 aliphatic carbocycles. The molecular weight excluding hydrogens is 216 g/mol. The van der Waals surface area contributed by atoms with E-state index in [2.05, 4.69) is 10.4 Å². The van der Waals surface area contributed by atoms with Crippen LogP contribution < -0.4 is 11.1 Å². The van der Waals surface area contributed by atoms with Crippen LogP contribution in [0.3, 0.4) is 0 Å². The molecule has 1 amide bonds. The first-order valence-corrected chi connectivity index (χ1v) is 5.30. The molecule has 0 aliphatic rings. The van der Waals surface area contributed by atoms with E-state index >= 15 is 0 Å². The molecule has 0 bridgehead atoms. The maximum Gasteiger partial charge on any atom is 0.246 e. The topological polar surface area (TPSA) is 72.9 Å². The number of nitrogens with one attached hydrogen (secondary N) is 1. The third-order valence-corrected chi connectivity index (χ3v) is 2.35. The number of anilines is 2. The number of rotatable bonds is 3. The number of benzene rings is 1. The predicted octanol–water partition coefficient (Wildman–Crippen LogP) is 1.41. The Kier molecular flexibility index (Phi) is 3.09. The van der Waals surface area contributed by atoms with E-state index in [1.807, 2.05) is 37.3 Å². The third kappa shape index (κ3) is 2.84. The first kappa shape index (κ1) is 11.2. The van der Waals surface area contributed by atoms with Gasteiger partial charge in [0.1, 0.15) is 12.4 Å². The van der Waals surface area contributed by atoms with Gasteiger partial charge >= 0.3 is 0 Å². The zero-order valence-electron chi connectivity index (χ0n) is 9.55. The number of nitrogens with zero attached hydrogens (tertiary/aromatic N) is 2. The number of hydrogen-bond acceptors (Lipinski definition) is 3. The molecule has 0 radical (unpaired) electrons. The summed E-state index contributed by atoms with van der Waals surface area (Å²) in [7, 11) is 0. The Hall–Kier alpha value is -2.30. The van der Waals surface area contributed by atoms with Crippen molar-refractivity contribution in [2.75, 3.05) is 11.1 Å². The first-order valence-electron chi connectivity index (χ1n) is 5.30. The molecule has 0 atom stereocenters. The largest absolute Gasteiger partial charge is 0.382 e. The molecule has 1 heterocycles. The number of nitrogen functional groups attached to an aromatic ring is 1. The summed E-state index contributed by atoms with van der Waals surface area (Å²) in [6, 6.07) is 11.0. The average molecular weight is 230 g/mol. The van der Waals surface area contributed by atoms with Crippen molar-refractivity contribution in [1.82, 2.24) is 9.78 Å². The van der Waals surface area contributed by atoms with Gasteiger partial charge in [-0.1, -0.05) is 18.2 Å². The summed E-state index contributed by atoms with van der Waals surface area (Å²) in [6.07, 6.45) is 0. The van der Waals surface area contributed by atoms with E-state index in [4.69, 9.17) is 5.73 Å². The Labute approximate surface area is 99.2 Å². The quantitative estimate of drug-likeness (QED) is 0.837. The second kappa shape index (κ2) is 4.69. The highest BCUT2D eigenvalue weighted by molar-refractivity contribution is 5.90. The fraction of sp³-hybridized carbons (Fsp3) is 0.167. The van der Waals surface area contributed by atoms with Crippen molar-refractivity contribution >= 4 is 17.4 Å². The molecule has 0 unspecified atom stereocenters. The van der Waals surface area contributed by atoms with E-state index in [9.17, 15) is 4.79 Å². The number of nitrogens with two attached hydrogens (primary N) is 1. The minimum atomic E-state index is -0.123. The molecule has 5 heteroatoms. The van der Waals surface area contributed by atoms with Crippen molar-refractivity contribution in [3.8, 4) is 0 Å². The molecule has 88 valence electrons. The molecule has 1 aromatic heterocycles. The first-order chi connectivity index (χ1) is 8.15. The van der Waals surface area contributed by atoms with Gasteiger partial charge in [-0.05, 0) is 19.1 Å². The second-order valence-corrected chi connectivity index (χ2v) is 3.78. The molecule has 17 heavy (non-hydrogen) atoms. The van der Waals surface area contributed by atoms with Gasteiger partial charge in [-0.3, -0.25) is 9.48 Å². The molecule has 2 aromatic rings. The fourth-order valence-electron chi connectivity index (χ4n) is 1.55. The van der Waals surface area contributed by atoms with Crippen LogP contribution in [-0.2, 0) is 11.3 Å². The van der Waals surface area contributed by atoms with E-state index < -0.39 is 0 Å². The monoisotopic (exact) mass is 230 g/mol. The van der Waals surface area contributed by atoms with Crippen molar-refractivity contribution in [3.05, 3.63) is 42.1 Å². The van der Waals surface area contributed by atoms with E-state index in [0.29, 0.717) is 5.82 Å². The van der Waals surface area contributed by atoms with E-state index in [1.165, 1.54) is 0 Å². The highest BCUT2D eigenvalue weighted by atomic mass is 16.2. The molecule has 0 spiro atoms. The smallest absolute Gasteiger partial charge is 0.246 e. The molecule has 0 aliphatic heterocycles. The lowest BCUT2D eigenvalue weighted by Crippen LogP contribution is -2.20.